The third kappa shape index (κ3) is 3.84. The summed E-state index contributed by atoms with van der Waals surface area (Å²) in [6, 6.07) is 9.06. The lowest BCUT2D eigenvalue weighted by atomic mass is 9.93. The molecule has 0 bridgehead atoms. The lowest BCUT2D eigenvalue weighted by Crippen LogP contribution is -2.40. The van der Waals surface area contributed by atoms with Crippen LogP contribution in [0.5, 0.6) is 0 Å². The maximum atomic E-state index is 12.6. The molecule has 0 aliphatic carbocycles. The fraction of sp³-hybridized carbons (Fsp3) is 0.368. The van der Waals surface area contributed by atoms with Crippen molar-refractivity contribution in [3.63, 3.8) is 0 Å². The Morgan fingerprint density at radius 1 is 1.19 bits per heavy atom. The minimum atomic E-state index is -0.356. The highest BCUT2D eigenvalue weighted by molar-refractivity contribution is 5.93. The molecule has 4 rings (SSSR count). The third-order valence-corrected chi connectivity index (χ3v) is 4.98. The zero-order chi connectivity index (χ0) is 18.6. The third-order valence-electron chi connectivity index (χ3n) is 4.98. The predicted octanol–water partition coefficient (Wildman–Crippen LogP) is 2.84. The molecule has 0 spiro atoms. The van der Waals surface area contributed by atoms with E-state index in [9.17, 15) is 9.59 Å². The van der Waals surface area contributed by atoms with Crippen LogP contribution in [0.25, 0.3) is 0 Å². The van der Waals surface area contributed by atoms with Crippen LogP contribution in [-0.4, -0.2) is 53.2 Å². The van der Waals surface area contributed by atoms with Crippen molar-refractivity contribution >= 4 is 23.5 Å². The van der Waals surface area contributed by atoms with Crippen molar-refractivity contribution in [2.45, 2.75) is 18.8 Å². The molecule has 1 N–H and O–H groups in total. The van der Waals surface area contributed by atoms with Gasteiger partial charge < -0.3 is 15.0 Å². The normalized spacial score (nSPS) is 17.7. The molecule has 8 nitrogen and oxygen atoms in total. The molecule has 1 aromatic carbocycles. The Labute approximate surface area is 157 Å². The summed E-state index contributed by atoms with van der Waals surface area (Å²) in [4.78, 5) is 35.9. The molecule has 1 aromatic heterocycles. The standard InChI is InChI=1S/C19H21N5O3/c25-18(23-8-5-14(6-9-23)17-4-7-20-13-21-17)22-15-2-1-3-16(12-15)24-10-11-27-19(24)26/h1-4,7,12-14H,5-6,8-11H2,(H,22,25). The first-order valence-corrected chi connectivity index (χ1v) is 9.07. The van der Waals surface area contributed by atoms with E-state index in [-0.39, 0.29) is 12.1 Å². The van der Waals surface area contributed by atoms with Crippen LogP contribution < -0.4 is 10.2 Å². The molecule has 27 heavy (non-hydrogen) atoms. The Morgan fingerprint density at radius 3 is 2.74 bits per heavy atom. The number of benzene rings is 1. The quantitative estimate of drug-likeness (QED) is 0.901. The van der Waals surface area contributed by atoms with E-state index in [0.717, 1.165) is 24.2 Å². The molecule has 0 atom stereocenters. The molecule has 3 heterocycles. The second kappa shape index (κ2) is 7.61. The van der Waals surface area contributed by atoms with Crippen LogP contribution >= 0.6 is 0 Å². The van der Waals surface area contributed by atoms with Gasteiger partial charge >= 0.3 is 12.1 Å². The number of hydrogen-bond acceptors (Lipinski definition) is 5. The van der Waals surface area contributed by atoms with Gasteiger partial charge in [0.15, 0.2) is 0 Å². The largest absolute Gasteiger partial charge is 0.447 e. The summed E-state index contributed by atoms with van der Waals surface area (Å²) in [6.07, 6.45) is 4.72. The summed E-state index contributed by atoms with van der Waals surface area (Å²) in [6.45, 7) is 2.26. The number of nitrogens with one attached hydrogen (secondary N) is 1. The predicted molar refractivity (Wildman–Crippen MR) is 99.7 cm³/mol. The Bertz CT molecular complexity index is 821. The number of piperidine rings is 1. The number of rotatable bonds is 3. The molecule has 0 saturated carbocycles. The van der Waals surface area contributed by atoms with Gasteiger partial charge in [-0.15, -0.1) is 0 Å². The highest BCUT2D eigenvalue weighted by atomic mass is 16.6. The lowest BCUT2D eigenvalue weighted by molar-refractivity contribution is 0.181. The fourth-order valence-corrected chi connectivity index (χ4v) is 3.50. The minimum Gasteiger partial charge on any atom is -0.447 e. The minimum absolute atomic E-state index is 0.128. The summed E-state index contributed by atoms with van der Waals surface area (Å²) in [5.41, 5.74) is 2.42. The van der Waals surface area contributed by atoms with Crippen LogP contribution in [-0.2, 0) is 4.74 Å². The number of nitrogens with zero attached hydrogens (tertiary/aromatic N) is 4. The first kappa shape index (κ1) is 17.3. The fourth-order valence-electron chi connectivity index (χ4n) is 3.50. The van der Waals surface area contributed by atoms with Gasteiger partial charge in [0.25, 0.3) is 0 Å². The lowest BCUT2D eigenvalue weighted by Gasteiger charge is -2.31. The van der Waals surface area contributed by atoms with E-state index >= 15 is 0 Å². The molecule has 2 aliphatic rings. The van der Waals surface area contributed by atoms with Crippen LogP contribution in [0.3, 0.4) is 0 Å². The van der Waals surface area contributed by atoms with Gasteiger partial charge in [0.1, 0.15) is 12.9 Å². The van der Waals surface area contributed by atoms with Gasteiger partial charge in [-0.25, -0.2) is 19.6 Å². The molecular formula is C19H21N5O3. The van der Waals surface area contributed by atoms with Gasteiger partial charge in [0.05, 0.1) is 6.54 Å². The van der Waals surface area contributed by atoms with Gasteiger partial charge in [-0.1, -0.05) is 6.07 Å². The molecule has 8 heteroatoms. The molecule has 2 saturated heterocycles. The molecule has 2 aliphatic heterocycles. The monoisotopic (exact) mass is 367 g/mol. The SMILES string of the molecule is O=C(Nc1cccc(N2CCOC2=O)c1)N1CCC(c2ccncn2)CC1. The Balaban J connectivity index is 1.35. The number of ether oxygens (including phenoxy) is 1. The van der Waals surface area contributed by atoms with Crippen molar-refractivity contribution in [3.05, 3.63) is 48.5 Å². The topological polar surface area (TPSA) is 87.7 Å². The molecule has 140 valence electrons. The second-order valence-electron chi connectivity index (χ2n) is 6.64. The second-order valence-corrected chi connectivity index (χ2v) is 6.64. The number of carbonyl (C=O) groups is 2. The van der Waals surface area contributed by atoms with E-state index in [1.807, 2.05) is 29.2 Å². The zero-order valence-corrected chi connectivity index (χ0v) is 14.9. The number of amides is 3. The summed E-state index contributed by atoms with van der Waals surface area (Å²) in [7, 11) is 0. The van der Waals surface area contributed by atoms with E-state index in [1.54, 1.807) is 23.5 Å². The Kier molecular flexibility index (Phi) is 4.86. The van der Waals surface area contributed by atoms with Crippen LogP contribution in [0.1, 0.15) is 24.5 Å². The average Bonchev–Trinajstić information content (AvgIpc) is 3.15. The first-order valence-electron chi connectivity index (χ1n) is 9.07. The van der Waals surface area contributed by atoms with Crippen molar-refractivity contribution in [2.75, 3.05) is 36.5 Å². The van der Waals surface area contributed by atoms with Crippen molar-refractivity contribution in [1.82, 2.24) is 14.9 Å². The van der Waals surface area contributed by atoms with Crippen molar-refractivity contribution in [1.29, 1.82) is 0 Å². The van der Waals surface area contributed by atoms with Gasteiger partial charge in [0, 0.05) is 42.3 Å². The van der Waals surface area contributed by atoms with Crippen LogP contribution in [0, 0.1) is 0 Å². The van der Waals surface area contributed by atoms with Crippen LogP contribution in [0.15, 0.2) is 42.9 Å². The van der Waals surface area contributed by atoms with Gasteiger partial charge in [-0.05, 0) is 37.1 Å². The molecule has 2 aromatic rings. The van der Waals surface area contributed by atoms with E-state index in [2.05, 4.69) is 15.3 Å². The maximum Gasteiger partial charge on any atom is 0.414 e. The number of anilines is 2. The molecule has 3 amide bonds. The average molecular weight is 367 g/mol. The van der Waals surface area contributed by atoms with Crippen molar-refractivity contribution in [3.8, 4) is 0 Å². The zero-order valence-electron chi connectivity index (χ0n) is 14.9. The number of hydrogen-bond donors (Lipinski definition) is 1. The summed E-state index contributed by atoms with van der Waals surface area (Å²) in [5.74, 6) is 0.363. The van der Waals surface area contributed by atoms with E-state index < -0.39 is 0 Å². The Hall–Kier alpha value is -3.16. The first-order chi connectivity index (χ1) is 13.2. The molecular weight excluding hydrogens is 346 g/mol. The van der Waals surface area contributed by atoms with Crippen molar-refractivity contribution < 1.29 is 14.3 Å². The highest BCUT2D eigenvalue weighted by Gasteiger charge is 2.26. The summed E-state index contributed by atoms with van der Waals surface area (Å²) < 4.78 is 4.96. The highest BCUT2D eigenvalue weighted by Crippen LogP contribution is 2.27. The summed E-state index contributed by atoms with van der Waals surface area (Å²) >= 11 is 0. The number of carbonyl (C=O) groups excluding carboxylic acids is 2. The number of cyclic esters (lactones) is 1. The van der Waals surface area contributed by atoms with Gasteiger partial charge in [-0.3, -0.25) is 4.90 Å². The van der Waals surface area contributed by atoms with Crippen molar-refractivity contribution in [2.24, 2.45) is 0 Å². The van der Waals surface area contributed by atoms with Gasteiger partial charge in [-0.2, -0.15) is 0 Å². The Morgan fingerprint density at radius 2 is 2.04 bits per heavy atom. The maximum absolute atomic E-state index is 12.6. The molecule has 2 fully saturated rings. The van der Waals surface area contributed by atoms with Gasteiger partial charge in [0.2, 0.25) is 0 Å². The number of likely N-dealkylation sites (tertiary alicyclic amines) is 1. The van der Waals surface area contributed by atoms with Crippen LogP contribution in [0.2, 0.25) is 0 Å². The smallest absolute Gasteiger partial charge is 0.414 e. The van der Waals surface area contributed by atoms with Crippen LogP contribution in [0.4, 0.5) is 21.0 Å². The summed E-state index contributed by atoms with van der Waals surface area (Å²) in [5, 5.41) is 2.93. The number of aromatic nitrogens is 2. The molecule has 0 radical (unpaired) electrons. The van der Waals surface area contributed by atoms with E-state index in [1.165, 1.54) is 0 Å². The molecule has 0 unspecified atom stereocenters. The number of urea groups is 1. The van der Waals surface area contributed by atoms with E-state index in [0.29, 0.717) is 37.8 Å². The van der Waals surface area contributed by atoms with E-state index in [4.69, 9.17) is 4.74 Å².